The minimum absolute atomic E-state index is 0.284. The molecule has 0 spiro atoms. The average Bonchev–Trinajstić information content (AvgIpc) is 2.83. The number of hydrogen-bond donors (Lipinski definition) is 1. The fourth-order valence-electron chi connectivity index (χ4n) is 3.23. The standard InChI is InChI=1S/C20H21NO4/c1-3-21-17-8-6-5-7-16(17)20(24,19(21)23)13-18(22)14-9-11-15(12-10-14)25-4-2/h5-12,24H,3-4,13H2,1-2H3. The van der Waals surface area contributed by atoms with Crippen LogP contribution in [0.25, 0.3) is 0 Å². The summed E-state index contributed by atoms with van der Waals surface area (Å²) in [5, 5.41) is 11.0. The maximum Gasteiger partial charge on any atom is 0.264 e. The quantitative estimate of drug-likeness (QED) is 0.822. The Morgan fingerprint density at radius 2 is 1.80 bits per heavy atom. The molecule has 1 N–H and O–H groups in total. The molecule has 0 saturated heterocycles. The number of hydrogen-bond acceptors (Lipinski definition) is 4. The Kier molecular flexibility index (Phi) is 4.59. The highest BCUT2D eigenvalue weighted by molar-refractivity contribution is 6.10. The van der Waals surface area contributed by atoms with Crippen molar-refractivity contribution >= 4 is 17.4 Å². The smallest absolute Gasteiger partial charge is 0.264 e. The van der Waals surface area contributed by atoms with Gasteiger partial charge in [-0.25, -0.2) is 0 Å². The van der Waals surface area contributed by atoms with Gasteiger partial charge in [0.2, 0.25) is 0 Å². The molecule has 0 fully saturated rings. The van der Waals surface area contributed by atoms with Crippen molar-refractivity contribution in [3.8, 4) is 5.75 Å². The van der Waals surface area contributed by atoms with E-state index in [2.05, 4.69) is 0 Å². The van der Waals surface area contributed by atoms with E-state index in [0.29, 0.717) is 35.7 Å². The van der Waals surface area contributed by atoms with Crippen LogP contribution in [0.5, 0.6) is 5.75 Å². The fourth-order valence-corrected chi connectivity index (χ4v) is 3.23. The number of aliphatic hydroxyl groups is 1. The maximum absolute atomic E-state index is 12.7. The van der Waals surface area contributed by atoms with Crippen molar-refractivity contribution < 1.29 is 19.4 Å². The molecule has 2 aromatic rings. The number of amides is 1. The van der Waals surface area contributed by atoms with E-state index >= 15 is 0 Å². The third kappa shape index (κ3) is 2.91. The first kappa shape index (κ1) is 17.2. The number of rotatable bonds is 6. The molecule has 1 atom stereocenters. The van der Waals surface area contributed by atoms with Gasteiger partial charge in [-0.3, -0.25) is 9.59 Å². The molecule has 5 nitrogen and oxygen atoms in total. The van der Waals surface area contributed by atoms with Gasteiger partial charge >= 0.3 is 0 Å². The molecule has 0 aromatic heterocycles. The third-order valence-corrected chi connectivity index (χ3v) is 4.46. The molecule has 2 aromatic carbocycles. The lowest BCUT2D eigenvalue weighted by Crippen LogP contribution is -2.41. The lowest BCUT2D eigenvalue weighted by Gasteiger charge is -2.22. The lowest BCUT2D eigenvalue weighted by molar-refractivity contribution is -0.135. The molecule has 0 bridgehead atoms. The van der Waals surface area contributed by atoms with Gasteiger partial charge in [0.05, 0.1) is 18.7 Å². The highest BCUT2D eigenvalue weighted by Crippen LogP contribution is 2.42. The summed E-state index contributed by atoms with van der Waals surface area (Å²) in [6.07, 6.45) is -0.284. The van der Waals surface area contributed by atoms with E-state index in [1.165, 1.54) is 4.90 Å². The summed E-state index contributed by atoms with van der Waals surface area (Å²) in [4.78, 5) is 26.9. The number of benzene rings is 2. The number of carbonyl (C=O) groups excluding carboxylic acids is 2. The Labute approximate surface area is 146 Å². The minimum atomic E-state index is -1.82. The topological polar surface area (TPSA) is 66.8 Å². The van der Waals surface area contributed by atoms with Crippen molar-refractivity contribution in [1.29, 1.82) is 0 Å². The van der Waals surface area contributed by atoms with Crippen LogP contribution in [-0.4, -0.2) is 29.9 Å². The number of nitrogens with zero attached hydrogens (tertiary/aromatic N) is 1. The molecule has 5 heteroatoms. The molecule has 1 aliphatic rings. The SMILES string of the molecule is CCOc1ccc(C(=O)CC2(O)C(=O)N(CC)c3ccccc32)cc1. The number of fused-ring (bicyclic) bond motifs is 1. The van der Waals surface area contributed by atoms with Gasteiger partial charge in [0.25, 0.3) is 5.91 Å². The number of anilines is 1. The molecule has 1 aliphatic heterocycles. The normalized spacial score (nSPS) is 19.0. The van der Waals surface area contributed by atoms with Crippen LogP contribution in [0.1, 0.15) is 36.2 Å². The van der Waals surface area contributed by atoms with E-state index in [9.17, 15) is 14.7 Å². The van der Waals surface area contributed by atoms with E-state index < -0.39 is 11.5 Å². The maximum atomic E-state index is 12.7. The van der Waals surface area contributed by atoms with Crippen molar-refractivity contribution in [2.24, 2.45) is 0 Å². The molecule has 3 rings (SSSR count). The van der Waals surface area contributed by atoms with E-state index in [-0.39, 0.29) is 12.2 Å². The van der Waals surface area contributed by atoms with Crippen molar-refractivity contribution in [2.45, 2.75) is 25.9 Å². The number of likely N-dealkylation sites (N-methyl/N-ethyl adjacent to an activating group) is 1. The van der Waals surface area contributed by atoms with Crippen LogP contribution in [0.15, 0.2) is 48.5 Å². The second-order valence-electron chi connectivity index (χ2n) is 5.98. The van der Waals surface area contributed by atoms with Crippen LogP contribution >= 0.6 is 0 Å². The molecule has 1 heterocycles. The summed E-state index contributed by atoms with van der Waals surface area (Å²) < 4.78 is 5.36. The average molecular weight is 339 g/mol. The summed E-state index contributed by atoms with van der Waals surface area (Å²) in [7, 11) is 0. The van der Waals surface area contributed by atoms with Gasteiger partial charge in [0.15, 0.2) is 11.4 Å². The zero-order chi connectivity index (χ0) is 18.0. The first-order valence-electron chi connectivity index (χ1n) is 8.41. The second kappa shape index (κ2) is 6.69. The Bertz CT molecular complexity index is 800. The predicted molar refractivity (Wildman–Crippen MR) is 94.9 cm³/mol. The molecule has 0 radical (unpaired) electrons. The van der Waals surface area contributed by atoms with Gasteiger partial charge in [-0.1, -0.05) is 18.2 Å². The van der Waals surface area contributed by atoms with Crippen LogP contribution in [0.3, 0.4) is 0 Å². The van der Waals surface area contributed by atoms with Crippen LogP contribution in [0.2, 0.25) is 0 Å². The first-order chi connectivity index (χ1) is 12.0. The van der Waals surface area contributed by atoms with Crippen molar-refractivity contribution in [1.82, 2.24) is 0 Å². The Hall–Kier alpha value is -2.66. The summed E-state index contributed by atoms with van der Waals surface area (Å²) in [6, 6.07) is 13.8. The van der Waals surface area contributed by atoms with Crippen LogP contribution in [0.4, 0.5) is 5.69 Å². The first-order valence-corrected chi connectivity index (χ1v) is 8.41. The van der Waals surface area contributed by atoms with Gasteiger partial charge in [-0.2, -0.15) is 0 Å². The molecule has 130 valence electrons. The van der Waals surface area contributed by atoms with E-state index in [1.807, 2.05) is 19.9 Å². The van der Waals surface area contributed by atoms with E-state index in [0.717, 1.165) is 0 Å². The van der Waals surface area contributed by atoms with Gasteiger partial charge in [0.1, 0.15) is 5.75 Å². The molecular weight excluding hydrogens is 318 g/mol. The highest BCUT2D eigenvalue weighted by atomic mass is 16.5. The number of para-hydroxylation sites is 1. The Morgan fingerprint density at radius 1 is 1.12 bits per heavy atom. The highest BCUT2D eigenvalue weighted by Gasteiger charge is 2.50. The molecule has 0 saturated carbocycles. The third-order valence-electron chi connectivity index (χ3n) is 4.46. The van der Waals surface area contributed by atoms with Gasteiger partial charge in [0, 0.05) is 17.7 Å². The van der Waals surface area contributed by atoms with E-state index in [4.69, 9.17) is 4.74 Å². The van der Waals surface area contributed by atoms with Crippen LogP contribution in [0, 0.1) is 0 Å². The fraction of sp³-hybridized carbons (Fsp3) is 0.300. The minimum Gasteiger partial charge on any atom is -0.494 e. The van der Waals surface area contributed by atoms with E-state index in [1.54, 1.807) is 42.5 Å². The Balaban J connectivity index is 1.88. The monoisotopic (exact) mass is 339 g/mol. The Morgan fingerprint density at radius 3 is 2.44 bits per heavy atom. The molecule has 0 aliphatic carbocycles. The van der Waals surface area contributed by atoms with Crippen LogP contribution in [-0.2, 0) is 10.4 Å². The molecule has 1 unspecified atom stereocenters. The van der Waals surface area contributed by atoms with Crippen molar-refractivity contribution in [3.05, 3.63) is 59.7 Å². The zero-order valence-electron chi connectivity index (χ0n) is 14.4. The van der Waals surface area contributed by atoms with Gasteiger partial charge < -0.3 is 14.7 Å². The number of Topliss-reactive ketones (excluding diaryl/α,β-unsaturated/α-hetero) is 1. The summed E-state index contributed by atoms with van der Waals surface area (Å²) >= 11 is 0. The van der Waals surface area contributed by atoms with Crippen LogP contribution < -0.4 is 9.64 Å². The summed E-state index contributed by atoms with van der Waals surface area (Å²) in [5.74, 6) is -0.0562. The molecule has 25 heavy (non-hydrogen) atoms. The van der Waals surface area contributed by atoms with Crippen molar-refractivity contribution in [3.63, 3.8) is 0 Å². The predicted octanol–water partition coefficient (Wildman–Crippen LogP) is 2.91. The lowest BCUT2D eigenvalue weighted by atomic mass is 9.88. The molecule has 1 amide bonds. The number of carbonyl (C=O) groups is 2. The summed E-state index contributed by atoms with van der Waals surface area (Å²) in [5.41, 5.74) is -0.224. The number of ketones is 1. The van der Waals surface area contributed by atoms with Crippen molar-refractivity contribution in [2.75, 3.05) is 18.1 Å². The zero-order valence-corrected chi connectivity index (χ0v) is 14.4. The van der Waals surface area contributed by atoms with Gasteiger partial charge in [-0.15, -0.1) is 0 Å². The number of ether oxygens (including phenoxy) is 1. The van der Waals surface area contributed by atoms with Gasteiger partial charge in [-0.05, 0) is 44.2 Å². The largest absolute Gasteiger partial charge is 0.494 e. The summed E-state index contributed by atoms with van der Waals surface area (Å²) in [6.45, 7) is 4.71. The second-order valence-corrected chi connectivity index (χ2v) is 5.98. The molecular formula is C20H21NO4.